The quantitative estimate of drug-likeness (QED) is 0.456. The standard InChI is InChI=1S/C25H23BrN2O4S/c1-4-31-19-12-11-16(13-18(19)26)14-20-23(29)28-22(17-9-7-6-8-10-17)21(24(30)32-5-2)15(3)27-25(28)33-20/h6-14,22H,4-5H2,1-3H3/b20-14-/t22-/m1/s1. The zero-order valence-corrected chi connectivity index (χ0v) is 20.9. The fourth-order valence-electron chi connectivity index (χ4n) is 3.77. The van der Waals surface area contributed by atoms with Gasteiger partial charge in [0.25, 0.3) is 5.56 Å². The second-order valence-electron chi connectivity index (χ2n) is 7.34. The minimum absolute atomic E-state index is 0.202. The number of thiazole rings is 1. The summed E-state index contributed by atoms with van der Waals surface area (Å²) in [6.07, 6.45) is 1.83. The Morgan fingerprint density at radius 3 is 2.61 bits per heavy atom. The van der Waals surface area contributed by atoms with Gasteiger partial charge in [0.1, 0.15) is 5.75 Å². The van der Waals surface area contributed by atoms with E-state index in [9.17, 15) is 9.59 Å². The lowest BCUT2D eigenvalue weighted by molar-refractivity contribution is -0.139. The molecule has 0 unspecified atom stereocenters. The number of rotatable bonds is 6. The van der Waals surface area contributed by atoms with Crippen LogP contribution >= 0.6 is 27.3 Å². The number of benzene rings is 2. The first-order chi connectivity index (χ1) is 15.9. The number of carbonyl (C=O) groups excluding carboxylic acids is 1. The van der Waals surface area contributed by atoms with Gasteiger partial charge in [-0.25, -0.2) is 9.79 Å². The van der Waals surface area contributed by atoms with Crippen LogP contribution in [-0.4, -0.2) is 23.8 Å². The van der Waals surface area contributed by atoms with E-state index in [1.807, 2.05) is 61.5 Å². The summed E-state index contributed by atoms with van der Waals surface area (Å²) in [4.78, 5) is 31.6. The van der Waals surface area contributed by atoms with Gasteiger partial charge in [-0.1, -0.05) is 47.7 Å². The molecule has 6 nitrogen and oxygen atoms in total. The minimum atomic E-state index is -0.601. The molecule has 170 valence electrons. The van der Waals surface area contributed by atoms with Crippen LogP contribution in [0.1, 0.15) is 37.9 Å². The third-order valence-electron chi connectivity index (χ3n) is 5.19. The van der Waals surface area contributed by atoms with Crippen molar-refractivity contribution in [2.24, 2.45) is 4.99 Å². The Morgan fingerprint density at radius 1 is 1.18 bits per heavy atom. The number of hydrogen-bond donors (Lipinski definition) is 0. The molecule has 0 saturated heterocycles. The summed E-state index contributed by atoms with van der Waals surface area (Å²) >= 11 is 4.82. The summed E-state index contributed by atoms with van der Waals surface area (Å²) in [5.74, 6) is 0.284. The summed E-state index contributed by atoms with van der Waals surface area (Å²) in [6, 6.07) is 14.6. The number of halogens is 1. The predicted octanol–water partition coefficient (Wildman–Crippen LogP) is 3.96. The van der Waals surface area contributed by atoms with Crippen LogP contribution in [-0.2, 0) is 9.53 Å². The van der Waals surface area contributed by atoms with E-state index in [4.69, 9.17) is 9.47 Å². The Balaban J connectivity index is 1.89. The molecule has 0 amide bonds. The van der Waals surface area contributed by atoms with E-state index in [-0.39, 0.29) is 12.2 Å². The van der Waals surface area contributed by atoms with Crippen molar-refractivity contribution in [2.45, 2.75) is 26.8 Å². The zero-order valence-electron chi connectivity index (χ0n) is 18.5. The predicted molar refractivity (Wildman–Crippen MR) is 132 cm³/mol. The molecule has 3 aromatic rings. The van der Waals surface area contributed by atoms with Gasteiger partial charge < -0.3 is 9.47 Å². The first-order valence-corrected chi connectivity index (χ1v) is 12.2. The van der Waals surface area contributed by atoms with Crippen molar-refractivity contribution in [3.63, 3.8) is 0 Å². The van der Waals surface area contributed by atoms with Crippen LogP contribution in [0.15, 0.2) is 74.1 Å². The summed E-state index contributed by atoms with van der Waals surface area (Å²) in [6.45, 7) is 6.28. The average molecular weight is 527 g/mol. The fraction of sp³-hybridized carbons (Fsp3) is 0.240. The van der Waals surface area contributed by atoms with Crippen molar-refractivity contribution in [1.29, 1.82) is 0 Å². The molecule has 0 radical (unpaired) electrons. The van der Waals surface area contributed by atoms with Gasteiger partial charge in [0.2, 0.25) is 0 Å². The first-order valence-electron chi connectivity index (χ1n) is 10.6. The molecule has 0 spiro atoms. The Labute approximate surface area is 203 Å². The van der Waals surface area contributed by atoms with Gasteiger partial charge in [-0.2, -0.15) is 0 Å². The summed E-state index contributed by atoms with van der Waals surface area (Å²) in [5, 5.41) is 0. The van der Waals surface area contributed by atoms with Crippen LogP contribution in [0.25, 0.3) is 6.08 Å². The highest BCUT2D eigenvalue weighted by Crippen LogP contribution is 2.30. The smallest absolute Gasteiger partial charge is 0.338 e. The highest BCUT2D eigenvalue weighted by molar-refractivity contribution is 9.10. The molecule has 1 aliphatic rings. The monoisotopic (exact) mass is 526 g/mol. The molecule has 0 aliphatic carbocycles. The number of aromatic nitrogens is 1. The molecular weight excluding hydrogens is 504 g/mol. The number of ether oxygens (including phenoxy) is 2. The van der Waals surface area contributed by atoms with Gasteiger partial charge in [0.05, 0.1) is 39.5 Å². The Morgan fingerprint density at radius 2 is 1.94 bits per heavy atom. The fourth-order valence-corrected chi connectivity index (χ4v) is 5.33. The second kappa shape index (κ2) is 9.89. The highest BCUT2D eigenvalue weighted by Gasteiger charge is 2.33. The Bertz CT molecular complexity index is 1410. The van der Waals surface area contributed by atoms with E-state index in [2.05, 4.69) is 20.9 Å². The van der Waals surface area contributed by atoms with Crippen LogP contribution in [0, 0.1) is 0 Å². The summed E-state index contributed by atoms with van der Waals surface area (Å²) < 4.78 is 13.8. The maximum absolute atomic E-state index is 13.6. The van der Waals surface area contributed by atoms with E-state index in [0.29, 0.717) is 27.2 Å². The topological polar surface area (TPSA) is 69.9 Å². The number of allylic oxidation sites excluding steroid dienone is 1. The van der Waals surface area contributed by atoms with Crippen molar-refractivity contribution < 1.29 is 14.3 Å². The molecule has 2 heterocycles. The SMILES string of the molecule is CCOC(=O)C1=C(C)N=c2s/c(=C\c3ccc(OCC)c(Br)c3)c(=O)n2[C@@H]1c1ccccc1. The molecule has 1 aliphatic heterocycles. The molecule has 0 fully saturated rings. The molecule has 33 heavy (non-hydrogen) atoms. The van der Waals surface area contributed by atoms with Crippen molar-refractivity contribution >= 4 is 39.3 Å². The van der Waals surface area contributed by atoms with Crippen molar-refractivity contribution in [3.8, 4) is 5.75 Å². The number of nitrogens with zero attached hydrogens (tertiary/aromatic N) is 2. The van der Waals surface area contributed by atoms with Gasteiger partial charge in [0, 0.05) is 0 Å². The molecule has 0 bridgehead atoms. The van der Waals surface area contributed by atoms with Crippen LogP contribution in [0.5, 0.6) is 5.75 Å². The van der Waals surface area contributed by atoms with Crippen LogP contribution in [0.3, 0.4) is 0 Å². The maximum Gasteiger partial charge on any atom is 0.338 e. The lowest BCUT2D eigenvalue weighted by Gasteiger charge is -2.24. The Kier molecular flexibility index (Phi) is 6.95. The number of esters is 1. The van der Waals surface area contributed by atoms with Gasteiger partial charge >= 0.3 is 5.97 Å². The van der Waals surface area contributed by atoms with E-state index < -0.39 is 12.0 Å². The Hall–Kier alpha value is -2.97. The van der Waals surface area contributed by atoms with E-state index in [0.717, 1.165) is 21.3 Å². The molecule has 4 rings (SSSR count). The number of carbonyl (C=O) groups is 1. The maximum atomic E-state index is 13.6. The van der Waals surface area contributed by atoms with Gasteiger partial charge in [-0.15, -0.1) is 0 Å². The summed E-state index contributed by atoms with van der Waals surface area (Å²) in [7, 11) is 0. The van der Waals surface area contributed by atoms with Crippen LogP contribution < -0.4 is 19.6 Å². The van der Waals surface area contributed by atoms with Crippen molar-refractivity contribution in [2.75, 3.05) is 13.2 Å². The van der Waals surface area contributed by atoms with Gasteiger partial charge in [0.15, 0.2) is 4.80 Å². The molecule has 1 aromatic heterocycles. The van der Waals surface area contributed by atoms with Gasteiger partial charge in [-0.05, 0) is 66.0 Å². The lowest BCUT2D eigenvalue weighted by atomic mass is 9.96. The van der Waals surface area contributed by atoms with Crippen molar-refractivity contribution in [1.82, 2.24) is 4.57 Å². The molecule has 1 atom stereocenters. The van der Waals surface area contributed by atoms with Crippen molar-refractivity contribution in [3.05, 3.63) is 95.1 Å². The van der Waals surface area contributed by atoms with E-state index in [1.54, 1.807) is 18.4 Å². The molecular formula is C25H23BrN2O4S. The zero-order chi connectivity index (χ0) is 23.5. The van der Waals surface area contributed by atoms with Crippen LogP contribution in [0.4, 0.5) is 0 Å². The first kappa shape index (κ1) is 23.2. The normalized spacial score (nSPS) is 15.8. The second-order valence-corrected chi connectivity index (χ2v) is 9.20. The third kappa shape index (κ3) is 4.58. The average Bonchev–Trinajstić information content (AvgIpc) is 3.10. The number of hydrogen-bond acceptors (Lipinski definition) is 6. The summed E-state index contributed by atoms with van der Waals surface area (Å²) in [5.41, 5.74) is 2.41. The lowest BCUT2D eigenvalue weighted by Crippen LogP contribution is -2.39. The molecule has 0 saturated carbocycles. The largest absolute Gasteiger partial charge is 0.493 e. The third-order valence-corrected chi connectivity index (χ3v) is 6.79. The molecule has 0 N–H and O–H groups in total. The van der Waals surface area contributed by atoms with Crippen LogP contribution in [0.2, 0.25) is 0 Å². The highest BCUT2D eigenvalue weighted by atomic mass is 79.9. The molecule has 2 aromatic carbocycles. The number of fused-ring (bicyclic) bond motifs is 1. The van der Waals surface area contributed by atoms with Gasteiger partial charge in [-0.3, -0.25) is 9.36 Å². The minimum Gasteiger partial charge on any atom is -0.493 e. The molecule has 8 heteroatoms. The van der Waals surface area contributed by atoms with E-state index >= 15 is 0 Å². The van der Waals surface area contributed by atoms with E-state index in [1.165, 1.54) is 11.3 Å².